The molecule has 0 spiro atoms. The van der Waals surface area contributed by atoms with Crippen LogP contribution in [0.3, 0.4) is 0 Å². The van der Waals surface area contributed by atoms with Gasteiger partial charge in [0.2, 0.25) is 10.0 Å². The maximum Gasteiger partial charge on any atom is 0.242 e. The minimum atomic E-state index is -3.52. The predicted molar refractivity (Wildman–Crippen MR) is 80.9 cm³/mol. The van der Waals surface area contributed by atoms with Crippen LogP contribution in [-0.2, 0) is 10.0 Å². The number of nitrogen functional groups attached to an aromatic ring is 1. The molecular formula is C13H20N2O2S2. The second-order valence-electron chi connectivity index (χ2n) is 5.11. The molecule has 106 valence electrons. The number of anilines is 1. The Kier molecular flexibility index (Phi) is 4.13. The molecule has 0 heterocycles. The molecular weight excluding hydrogens is 280 g/mol. The van der Waals surface area contributed by atoms with Crippen LogP contribution in [-0.4, -0.2) is 26.0 Å². The minimum absolute atomic E-state index is 0.0759. The lowest BCUT2D eigenvalue weighted by atomic mass is 9.84. The molecule has 19 heavy (non-hydrogen) atoms. The Morgan fingerprint density at radius 2 is 2.11 bits per heavy atom. The third kappa shape index (κ3) is 3.07. The standard InChI is InChI=1S/C13H20N2O2S2/c1-10-4-5-12(11(14)8-10)19(16,17)15-9-13(18-2)6-3-7-13/h4-5,8,15H,3,6-7,9,14H2,1-2H3. The second-order valence-corrected chi connectivity index (χ2v) is 8.12. The van der Waals surface area contributed by atoms with Crippen LogP contribution in [0.15, 0.2) is 23.1 Å². The Hall–Kier alpha value is -0.720. The Bertz CT molecular complexity index is 560. The highest BCUT2D eigenvalue weighted by atomic mass is 32.2. The van der Waals surface area contributed by atoms with Crippen LogP contribution in [0.25, 0.3) is 0 Å². The lowest BCUT2D eigenvalue weighted by molar-refractivity contribution is 0.362. The topological polar surface area (TPSA) is 72.2 Å². The molecule has 0 aliphatic heterocycles. The fourth-order valence-corrected chi connectivity index (χ4v) is 4.48. The first-order valence-corrected chi connectivity index (χ1v) is 9.00. The van der Waals surface area contributed by atoms with Gasteiger partial charge in [0.05, 0.1) is 5.69 Å². The Balaban J connectivity index is 2.14. The molecule has 0 amide bonds. The average molecular weight is 300 g/mol. The first kappa shape index (κ1) is 14.7. The number of sulfonamides is 1. The van der Waals surface area contributed by atoms with Crippen LogP contribution in [0.4, 0.5) is 5.69 Å². The van der Waals surface area contributed by atoms with E-state index < -0.39 is 10.0 Å². The molecule has 0 saturated heterocycles. The average Bonchev–Trinajstić information content (AvgIpc) is 2.27. The van der Waals surface area contributed by atoms with Crippen LogP contribution in [0.1, 0.15) is 24.8 Å². The highest BCUT2D eigenvalue weighted by molar-refractivity contribution is 8.00. The summed E-state index contributed by atoms with van der Waals surface area (Å²) in [5, 5.41) is 0. The van der Waals surface area contributed by atoms with E-state index >= 15 is 0 Å². The van der Waals surface area contributed by atoms with Crippen molar-refractivity contribution >= 4 is 27.5 Å². The summed E-state index contributed by atoms with van der Waals surface area (Å²) in [4.78, 5) is 0.175. The molecule has 0 atom stereocenters. The molecule has 1 saturated carbocycles. The maximum atomic E-state index is 12.3. The second kappa shape index (κ2) is 5.34. The van der Waals surface area contributed by atoms with Crippen molar-refractivity contribution in [2.75, 3.05) is 18.5 Å². The van der Waals surface area contributed by atoms with Gasteiger partial charge in [-0.05, 0) is 43.7 Å². The van der Waals surface area contributed by atoms with E-state index in [-0.39, 0.29) is 9.64 Å². The zero-order valence-corrected chi connectivity index (χ0v) is 12.9. The van der Waals surface area contributed by atoms with E-state index in [4.69, 9.17) is 5.73 Å². The molecule has 4 nitrogen and oxygen atoms in total. The molecule has 3 N–H and O–H groups in total. The van der Waals surface area contributed by atoms with Gasteiger partial charge in [0.1, 0.15) is 4.90 Å². The van der Waals surface area contributed by atoms with Crippen molar-refractivity contribution in [1.82, 2.24) is 4.72 Å². The minimum Gasteiger partial charge on any atom is -0.398 e. The fourth-order valence-electron chi connectivity index (χ4n) is 2.24. The van der Waals surface area contributed by atoms with Crippen molar-refractivity contribution in [3.63, 3.8) is 0 Å². The molecule has 0 bridgehead atoms. The molecule has 0 radical (unpaired) electrons. The van der Waals surface area contributed by atoms with E-state index in [1.165, 1.54) is 6.42 Å². The normalized spacial score (nSPS) is 18.0. The first-order chi connectivity index (χ1) is 8.88. The van der Waals surface area contributed by atoms with Crippen molar-refractivity contribution in [2.45, 2.75) is 35.8 Å². The van der Waals surface area contributed by atoms with Crippen molar-refractivity contribution < 1.29 is 8.42 Å². The predicted octanol–water partition coefficient (Wildman–Crippen LogP) is 2.14. The molecule has 1 aromatic rings. The molecule has 0 aromatic heterocycles. The largest absolute Gasteiger partial charge is 0.398 e. The molecule has 1 fully saturated rings. The molecule has 2 rings (SSSR count). The molecule has 6 heteroatoms. The van der Waals surface area contributed by atoms with Gasteiger partial charge in [0.25, 0.3) is 0 Å². The summed E-state index contributed by atoms with van der Waals surface area (Å²) in [5.41, 5.74) is 7.06. The van der Waals surface area contributed by atoms with E-state index in [2.05, 4.69) is 4.72 Å². The zero-order valence-electron chi connectivity index (χ0n) is 11.3. The Morgan fingerprint density at radius 1 is 1.42 bits per heavy atom. The van der Waals surface area contributed by atoms with Crippen LogP contribution in [0.2, 0.25) is 0 Å². The summed E-state index contributed by atoms with van der Waals surface area (Å²) in [6.07, 6.45) is 5.35. The number of nitrogens with two attached hydrogens (primary N) is 1. The Labute approximate surface area is 119 Å². The number of nitrogens with one attached hydrogen (secondary N) is 1. The van der Waals surface area contributed by atoms with Gasteiger partial charge >= 0.3 is 0 Å². The van der Waals surface area contributed by atoms with Crippen LogP contribution in [0.5, 0.6) is 0 Å². The highest BCUT2D eigenvalue weighted by Gasteiger charge is 2.37. The van der Waals surface area contributed by atoms with Crippen molar-refractivity contribution in [2.24, 2.45) is 0 Å². The number of hydrogen-bond donors (Lipinski definition) is 2. The van der Waals surface area contributed by atoms with E-state index in [0.717, 1.165) is 18.4 Å². The smallest absolute Gasteiger partial charge is 0.242 e. The van der Waals surface area contributed by atoms with Gasteiger partial charge in [-0.25, -0.2) is 13.1 Å². The molecule has 1 aliphatic carbocycles. The van der Waals surface area contributed by atoms with Crippen LogP contribution < -0.4 is 10.5 Å². The SMILES string of the molecule is CSC1(CNS(=O)(=O)c2ccc(C)cc2N)CCC1. The van der Waals surface area contributed by atoms with Crippen LogP contribution >= 0.6 is 11.8 Å². The first-order valence-electron chi connectivity index (χ1n) is 6.29. The number of aryl methyl sites for hydroxylation is 1. The van der Waals surface area contributed by atoms with Gasteiger partial charge in [-0.15, -0.1) is 0 Å². The van der Waals surface area contributed by atoms with Gasteiger partial charge < -0.3 is 5.73 Å². The lowest BCUT2D eigenvalue weighted by Crippen LogP contribution is -2.45. The monoisotopic (exact) mass is 300 g/mol. The van der Waals surface area contributed by atoms with Gasteiger partial charge in [0, 0.05) is 11.3 Å². The van der Waals surface area contributed by atoms with E-state index in [1.807, 2.05) is 13.2 Å². The van der Waals surface area contributed by atoms with Crippen molar-refractivity contribution in [3.05, 3.63) is 23.8 Å². The van der Waals surface area contributed by atoms with Crippen LogP contribution in [0, 0.1) is 6.92 Å². The van der Waals surface area contributed by atoms with E-state index in [9.17, 15) is 8.42 Å². The van der Waals surface area contributed by atoms with Crippen molar-refractivity contribution in [1.29, 1.82) is 0 Å². The van der Waals surface area contributed by atoms with Gasteiger partial charge in [-0.2, -0.15) is 11.8 Å². The van der Waals surface area contributed by atoms with E-state index in [0.29, 0.717) is 12.2 Å². The van der Waals surface area contributed by atoms with Gasteiger partial charge in [-0.1, -0.05) is 12.5 Å². The number of hydrogen-bond acceptors (Lipinski definition) is 4. The quantitative estimate of drug-likeness (QED) is 0.817. The fraction of sp³-hybridized carbons (Fsp3) is 0.538. The maximum absolute atomic E-state index is 12.3. The van der Waals surface area contributed by atoms with Crippen molar-refractivity contribution in [3.8, 4) is 0 Å². The summed E-state index contributed by atoms with van der Waals surface area (Å²) in [5.74, 6) is 0. The third-order valence-electron chi connectivity index (χ3n) is 3.74. The Morgan fingerprint density at radius 3 is 2.58 bits per heavy atom. The lowest BCUT2D eigenvalue weighted by Gasteiger charge is -2.40. The zero-order chi connectivity index (χ0) is 14.1. The molecule has 1 aliphatic rings. The van der Waals surface area contributed by atoms with Gasteiger partial charge in [0.15, 0.2) is 0 Å². The third-order valence-corrected chi connectivity index (χ3v) is 6.63. The molecule has 1 aromatic carbocycles. The summed E-state index contributed by atoms with van der Waals surface area (Å²) in [7, 11) is -3.52. The number of thioether (sulfide) groups is 1. The summed E-state index contributed by atoms with van der Waals surface area (Å²) in [6, 6.07) is 5.01. The van der Waals surface area contributed by atoms with E-state index in [1.54, 1.807) is 30.0 Å². The summed E-state index contributed by atoms with van der Waals surface area (Å²) in [6.45, 7) is 2.36. The highest BCUT2D eigenvalue weighted by Crippen LogP contribution is 2.42. The number of rotatable bonds is 5. The number of benzene rings is 1. The molecule has 0 unspecified atom stereocenters. The summed E-state index contributed by atoms with van der Waals surface area (Å²) >= 11 is 1.74. The van der Waals surface area contributed by atoms with Gasteiger partial charge in [-0.3, -0.25) is 0 Å². The summed E-state index contributed by atoms with van der Waals surface area (Å²) < 4.78 is 27.3.